The van der Waals surface area contributed by atoms with Crippen LogP contribution in [0.15, 0.2) is 12.4 Å². The third kappa shape index (κ3) is 3.18. The number of carbonyl (C=O) groups excluding carboxylic acids is 2. The molecule has 2 saturated heterocycles. The Labute approximate surface area is 149 Å². The fourth-order valence-electron chi connectivity index (χ4n) is 4.45. The number of rotatable bonds is 5. The van der Waals surface area contributed by atoms with Crippen LogP contribution < -0.4 is 0 Å². The molecule has 0 aromatic carbocycles. The zero-order chi connectivity index (χ0) is 17.4. The summed E-state index contributed by atoms with van der Waals surface area (Å²) in [5.74, 6) is 2.08. The monoisotopic (exact) mass is 344 g/mol. The summed E-state index contributed by atoms with van der Waals surface area (Å²) in [5, 5.41) is 0. The van der Waals surface area contributed by atoms with Gasteiger partial charge in [0, 0.05) is 45.0 Å². The van der Waals surface area contributed by atoms with Gasteiger partial charge in [0.25, 0.3) is 0 Å². The second-order valence-electron chi connectivity index (χ2n) is 7.97. The molecule has 6 nitrogen and oxygen atoms in total. The SMILES string of the molecule is CCc1nccn1CC(=O)N1CC[C@@]2(CCCN(CC3CC3)C2=O)C1. The number of hydrogen-bond acceptors (Lipinski definition) is 3. The van der Waals surface area contributed by atoms with Crippen LogP contribution in [0.4, 0.5) is 0 Å². The molecule has 1 atom stereocenters. The molecule has 3 aliphatic rings. The van der Waals surface area contributed by atoms with E-state index in [1.165, 1.54) is 12.8 Å². The highest BCUT2D eigenvalue weighted by Crippen LogP contribution is 2.41. The van der Waals surface area contributed by atoms with Gasteiger partial charge in [-0.2, -0.15) is 0 Å². The molecule has 3 fully saturated rings. The van der Waals surface area contributed by atoms with Gasteiger partial charge in [-0.25, -0.2) is 4.98 Å². The quantitative estimate of drug-likeness (QED) is 0.817. The summed E-state index contributed by atoms with van der Waals surface area (Å²) in [6, 6.07) is 0. The van der Waals surface area contributed by atoms with Crippen LogP contribution in [0.3, 0.4) is 0 Å². The Balaban J connectivity index is 1.41. The third-order valence-corrected chi connectivity index (χ3v) is 6.13. The summed E-state index contributed by atoms with van der Waals surface area (Å²) in [4.78, 5) is 34.1. The lowest BCUT2D eigenvalue weighted by molar-refractivity contribution is -0.146. The van der Waals surface area contributed by atoms with Gasteiger partial charge in [0.2, 0.25) is 11.8 Å². The molecule has 0 unspecified atom stereocenters. The van der Waals surface area contributed by atoms with Gasteiger partial charge in [-0.15, -0.1) is 0 Å². The van der Waals surface area contributed by atoms with E-state index in [4.69, 9.17) is 0 Å². The van der Waals surface area contributed by atoms with Gasteiger partial charge in [-0.1, -0.05) is 6.92 Å². The van der Waals surface area contributed by atoms with Crippen LogP contribution in [0.5, 0.6) is 0 Å². The number of imidazole rings is 1. The Hall–Kier alpha value is -1.85. The molecule has 25 heavy (non-hydrogen) atoms. The molecular weight excluding hydrogens is 316 g/mol. The highest BCUT2D eigenvalue weighted by Gasteiger charge is 2.49. The Bertz CT molecular complexity index is 666. The Morgan fingerprint density at radius 3 is 2.92 bits per heavy atom. The van der Waals surface area contributed by atoms with Gasteiger partial charge in [0.15, 0.2) is 0 Å². The average Bonchev–Trinajstić information content (AvgIpc) is 3.14. The number of nitrogens with zero attached hydrogens (tertiary/aromatic N) is 4. The maximum atomic E-state index is 13.1. The molecular formula is C19H28N4O2. The first kappa shape index (κ1) is 16.6. The number of likely N-dealkylation sites (tertiary alicyclic amines) is 2. The van der Waals surface area contributed by atoms with E-state index in [0.29, 0.717) is 25.5 Å². The lowest BCUT2D eigenvalue weighted by Gasteiger charge is -2.39. The van der Waals surface area contributed by atoms with E-state index in [-0.39, 0.29) is 11.3 Å². The van der Waals surface area contributed by atoms with Crippen molar-refractivity contribution in [3.8, 4) is 0 Å². The maximum Gasteiger partial charge on any atom is 0.242 e. The van der Waals surface area contributed by atoms with Gasteiger partial charge in [0.1, 0.15) is 12.4 Å². The molecule has 4 rings (SSSR count). The van der Waals surface area contributed by atoms with E-state index >= 15 is 0 Å². The first-order valence-electron chi connectivity index (χ1n) is 9.68. The highest BCUT2D eigenvalue weighted by molar-refractivity contribution is 5.86. The van der Waals surface area contributed by atoms with Crippen molar-refractivity contribution in [1.82, 2.24) is 19.4 Å². The maximum absolute atomic E-state index is 13.1. The van der Waals surface area contributed by atoms with E-state index in [1.807, 2.05) is 22.6 Å². The summed E-state index contributed by atoms with van der Waals surface area (Å²) in [5.41, 5.74) is -0.314. The number of amides is 2. The summed E-state index contributed by atoms with van der Waals surface area (Å²) < 4.78 is 1.93. The minimum absolute atomic E-state index is 0.108. The van der Waals surface area contributed by atoms with Crippen molar-refractivity contribution in [2.75, 3.05) is 26.2 Å². The zero-order valence-corrected chi connectivity index (χ0v) is 15.1. The van der Waals surface area contributed by atoms with Gasteiger partial charge in [0.05, 0.1) is 5.41 Å². The second kappa shape index (κ2) is 6.46. The topological polar surface area (TPSA) is 58.4 Å². The lowest BCUT2D eigenvalue weighted by Crippen LogP contribution is -2.51. The summed E-state index contributed by atoms with van der Waals surface area (Å²) in [7, 11) is 0. The van der Waals surface area contributed by atoms with Gasteiger partial charge < -0.3 is 14.4 Å². The van der Waals surface area contributed by atoms with Crippen LogP contribution in [0.2, 0.25) is 0 Å². The van der Waals surface area contributed by atoms with Crippen molar-refractivity contribution in [2.45, 2.75) is 52.0 Å². The van der Waals surface area contributed by atoms with E-state index in [0.717, 1.165) is 50.5 Å². The first-order chi connectivity index (χ1) is 12.1. The molecule has 2 amide bonds. The fraction of sp³-hybridized carbons (Fsp3) is 0.737. The van der Waals surface area contributed by atoms with Crippen molar-refractivity contribution >= 4 is 11.8 Å². The van der Waals surface area contributed by atoms with Crippen LogP contribution in [0.1, 0.15) is 44.9 Å². The Morgan fingerprint density at radius 1 is 1.32 bits per heavy atom. The molecule has 136 valence electrons. The van der Waals surface area contributed by atoms with Crippen molar-refractivity contribution in [2.24, 2.45) is 11.3 Å². The standard InChI is InChI=1S/C19H28N4O2/c1-2-16-20-8-11-21(16)13-17(24)23-10-7-19(14-23)6-3-9-22(18(19)25)12-15-4-5-15/h8,11,15H,2-7,9-10,12-14H2,1H3/t19-/m0/s1. The fourth-order valence-corrected chi connectivity index (χ4v) is 4.45. The normalized spacial score (nSPS) is 26.7. The molecule has 3 heterocycles. The molecule has 1 aromatic heterocycles. The molecule has 1 aliphatic carbocycles. The van der Waals surface area contributed by atoms with Crippen molar-refractivity contribution < 1.29 is 9.59 Å². The molecule has 2 aliphatic heterocycles. The summed E-state index contributed by atoms with van der Waals surface area (Å²) >= 11 is 0. The van der Waals surface area contributed by atoms with Crippen LogP contribution in [0.25, 0.3) is 0 Å². The molecule has 1 aromatic rings. The average molecular weight is 344 g/mol. The molecule has 1 spiro atoms. The number of hydrogen-bond donors (Lipinski definition) is 0. The lowest BCUT2D eigenvalue weighted by atomic mass is 9.78. The smallest absolute Gasteiger partial charge is 0.242 e. The predicted octanol–water partition coefficient (Wildman–Crippen LogP) is 1.70. The van der Waals surface area contributed by atoms with Crippen LogP contribution >= 0.6 is 0 Å². The zero-order valence-electron chi connectivity index (χ0n) is 15.1. The van der Waals surface area contributed by atoms with Crippen LogP contribution in [-0.2, 0) is 22.6 Å². The Kier molecular flexibility index (Phi) is 4.29. The number of aryl methyl sites for hydroxylation is 1. The third-order valence-electron chi connectivity index (χ3n) is 6.13. The largest absolute Gasteiger partial charge is 0.342 e. The van der Waals surface area contributed by atoms with Gasteiger partial charge in [-0.3, -0.25) is 9.59 Å². The molecule has 1 saturated carbocycles. The molecule has 0 bridgehead atoms. The van der Waals surface area contributed by atoms with Gasteiger partial charge >= 0.3 is 0 Å². The molecule has 0 radical (unpaired) electrons. The van der Waals surface area contributed by atoms with Crippen LogP contribution in [-0.4, -0.2) is 57.3 Å². The number of piperidine rings is 1. The highest BCUT2D eigenvalue weighted by atomic mass is 16.2. The van der Waals surface area contributed by atoms with Crippen molar-refractivity contribution in [3.63, 3.8) is 0 Å². The molecule has 6 heteroatoms. The van der Waals surface area contributed by atoms with E-state index in [9.17, 15) is 9.59 Å². The minimum Gasteiger partial charge on any atom is -0.342 e. The summed E-state index contributed by atoms with van der Waals surface area (Å²) in [6.45, 7) is 5.52. The number of aromatic nitrogens is 2. The predicted molar refractivity (Wildman–Crippen MR) is 93.8 cm³/mol. The van der Waals surface area contributed by atoms with E-state index < -0.39 is 0 Å². The van der Waals surface area contributed by atoms with Crippen molar-refractivity contribution in [3.05, 3.63) is 18.2 Å². The molecule has 0 N–H and O–H groups in total. The minimum atomic E-state index is -0.314. The Morgan fingerprint density at radius 2 is 2.16 bits per heavy atom. The first-order valence-corrected chi connectivity index (χ1v) is 9.68. The second-order valence-corrected chi connectivity index (χ2v) is 7.97. The van der Waals surface area contributed by atoms with E-state index in [1.54, 1.807) is 6.20 Å². The van der Waals surface area contributed by atoms with Crippen LogP contribution in [0, 0.1) is 11.3 Å². The van der Waals surface area contributed by atoms with Crippen molar-refractivity contribution in [1.29, 1.82) is 0 Å². The van der Waals surface area contributed by atoms with Gasteiger partial charge in [-0.05, 0) is 38.0 Å². The summed E-state index contributed by atoms with van der Waals surface area (Å²) in [6.07, 6.45) is 9.80. The van der Waals surface area contributed by atoms with E-state index in [2.05, 4.69) is 9.88 Å². The number of carbonyl (C=O) groups is 2.